The zero-order valence-corrected chi connectivity index (χ0v) is 10.8. The number of carbonyl (C=O) groups excluding carboxylic acids is 1. The molecular weight excluding hydrogens is 248 g/mol. The Morgan fingerprint density at radius 2 is 2.05 bits per heavy atom. The number of nitrogen functional groups attached to an aromatic ring is 1. The third-order valence-corrected chi connectivity index (χ3v) is 3.36. The van der Waals surface area contributed by atoms with Crippen molar-refractivity contribution < 1.29 is 14.3 Å². The first-order valence-electron chi connectivity index (χ1n) is 6.37. The maximum atomic E-state index is 11.5. The van der Waals surface area contributed by atoms with Gasteiger partial charge in [0.05, 0.1) is 12.9 Å². The third kappa shape index (κ3) is 3.54. The van der Waals surface area contributed by atoms with Gasteiger partial charge in [-0.15, -0.1) is 0 Å². The van der Waals surface area contributed by atoms with E-state index in [1.165, 1.54) is 6.26 Å². The molecular formula is C12H20N4O3. The van der Waals surface area contributed by atoms with Crippen LogP contribution < -0.4 is 11.3 Å². The van der Waals surface area contributed by atoms with Crippen LogP contribution in [0.2, 0.25) is 0 Å². The second kappa shape index (κ2) is 6.67. The highest BCUT2D eigenvalue weighted by Gasteiger charge is 2.20. The first-order chi connectivity index (χ1) is 9.24. The highest BCUT2D eigenvalue weighted by molar-refractivity contribution is 5.92. The molecule has 19 heavy (non-hydrogen) atoms. The number of nitrogens with one attached hydrogen (secondary N) is 1. The standard InChI is InChI=1S/C12H20N4O3/c13-14-12(18)11-10(1-8-19-11)9-16-4-2-15(3-5-16)6-7-17/h1,8,17H,2-7,9,13H2,(H,14,18). The summed E-state index contributed by atoms with van der Waals surface area (Å²) in [4.78, 5) is 16.0. The molecule has 7 heteroatoms. The molecule has 106 valence electrons. The molecule has 0 bridgehead atoms. The number of amides is 1. The molecule has 1 amide bonds. The normalized spacial score (nSPS) is 17.6. The second-order valence-electron chi connectivity index (χ2n) is 4.59. The van der Waals surface area contributed by atoms with E-state index in [4.69, 9.17) is 15.4 Å². The average Bonchev–Trinajstić information content (AvgIpc) is 2.88. The third-order valence-electron chi connectivity index (χ3n) is 3.36. The summed E-state index contributed by atoms with van der Waals surface area (Å²) >= 11 is 0. The van der Waals surface area contributed by atoms with Gasteiger partial charge < -0.3 is 9.52 Å². The van der Waals surface area contributed by atoms with E-state index in [2.05, 4.69) is 15.2 Å². The molecule has 0 aliphatic carbocycles. The van der Waals surface area contributed by atoms with Crippen molar-refractivity contribution >= 4 is 5.91 Å². The monoisotopic (exact) mass is 268 g/mol. The summed E-state index contributed by atoms with van der Waals surface area (Å²) in [6, 6.07) is 1.80. The molecule has 0 unspecified atom stereocenters. The minimum absolute atomic E-state index is 0.197. The predicted molar refractivity (Wildman–Crippen MR) is 69.2 cm³/mol. The van der Waals surface area contributed by atoms with Crippen molar-refractivity contribution in [3.8, 4) is 0 Å². The van der Waals surface area contributed by atoms with Crippen LogP contribution in [0, 0.1) is 0 Å². The summed E-state index contributed by atoms with van der Waals surface area (Å²) in [6.45, 7) is 5.27. The van der Waals surface area contributed by atoms with Crippen LogP contribution in [-0.4, -0.2) is 60.1 Å². The van der Waals surface area contributed by atoms with Crippen LogP contribution in [0.15, 0.2) is 16.7 Å². The van der Waals surface area contributed by atoms with E-state index >= 15 is 0 Å². The van der Waals surface area contributed by atoms with Crippen molar-refractivity contribution in [2.45, 2.75) is 6.54 Å². The van der Waals surface area contributed by atoms with E-state index < -0.39 is 5.91 Å². The van der Waals surface area contributed by atoms with E-state index in [1.54, 1.807) is 6.07 Å². The highest BCUT2D eigenvalue weighted by Crippen LogP contribution is 2.14. The van der Waals surface area contributed by atoms with Crippen molar-refractivity contribution in [2.24, 2.45) is 5.84 Å². The Labute approximate surface area is 111 Å². The fraction of sp³-hybridized carbons (Fsp3) is 0.583. The molecule has 4 N–H and O–H groups in total. The van der Waals surface area contributed by atoms with E-state index in [0.29, 0.717) is 6.54 Å². The number of hydrazine groups is 1. The predicted octanol–water partition coefficient (Wildman–Crippen LogP) is -1.01. The number of hydrogen-bond acceptors (Lipinski definition) is 6. The quantitative estimate of drug-likeness (QED) is 0.360. The Hall–Kier alpha value is -1.41. The summed E-state index contributed by atoms with van der Waals surface area (Å²) in [7, 11) is 0. The highest BCUT2D eigenvalue weighted by atomic mass is 16.3. The van der Waals surface area contributed by atoms with Gasteiger partial charge in [0.1, 0.15) is 0 Å². The summed E-state index contributed by atoms with van der Waals surface area (Å²) in [5.41, 5.74) is 2.93. The number of hydrogen-bond donors (Lipinski definition) is 3. The molecule has 1 aliphatic rings. The molecule has 1 fully saturated rings. The number of furan rings is 1. The van der Waals surface area contributed by atoms with Crippen molar-refractivity contribution in [2.75, 3.05) is 39.3 Å². The molecule has 1 aromatic rings. The molecule has 0 radical (unpaired) electrons. The summed E-state index contributed by atoms with van der Waals surface area (Å²) < 4.78 is 5.16. The molecule has 7 nitrogen and oxygen atoms in total. The Morgan fingerprint density at radius 3 is 2.68 bits per heavy atom. The molecule has 1 saturated heterocycles. The van der Waals surface area contributed by atoms with Crippen molar-refractivity contribution in [3.63, 3.8) is 0 Å². The summed E-state index contributed by atoms with van der Waals surface area (Å²) in [5, 5.41) is 8.89. The first-order valence-corrected chi connectivity index (χ1v) is 6.37. The number of nitrogens with two attached hydrogens (primary N) is 1. The van der Waals surface area contributed by atoms with Gasteiger partial charge in [-0.05, 0) is 6.07 Å². The molecule has 2 heterocycles. The zero-order valence-electron chi connectivity index (χ0n) is 10.8. The van der Waals surface area contributed by atoms with Gasteiger partial charge in [-0.3, -0.25) is 20.0 Å². The Bertz CT molecular complexity index is 413. The lowest BCUT2D eigenvalue weighted by atomic mass is 10.2. The minimum Gasteiger partial charge on any atom is -0.459 e. The summed E-state index contributed by atoms with van der Waals surface area (Å²) in [5.74, 6) is 4.99. The van der Waals surface area contributed by atoms with Crippen molar-refractivity contribution in [1.82, 2.24) is 15.2 Å². The molecule has 1 aromatic heterocycles. The number of aliphatic hydroxyl groups is 1. The van der Waals surface area contributed by atoms with Gasteiger partial charge in [-0.2, -0.15) is 0 Å². The van der Waals surface area contributed by atoms with Gasteiger partial charge in [-0.1, -0.05) is 0 Å². The molecule has 0 atom stereocenters. The van der Waals surface area contributed by atoms with Crippen LogP contribution in [0.1, 0.15) is 16.1 Å². The van der Waals surface area contributed by atoms with Crippen LogP contribution >= 0.6 is 0 Å². The zero-order chi connectivity index (χ0) is 13.7. The smallest absolute Gasteiger partial charge is 0.301 e. The van der Waals surface area contributed by atoms with Crippen LogP contribution in [0.4, 0.5) is 0 Å². The fourth-order valence-electron chi connectivity index (χ4n) is 2.28. The Morgan fingerprint density at radius 1 is 1.37 bits per heavy atom. The van der Waals surface area contributed by atoms with Crippen LogP contribution in [0.25, 0.3) is 0 Å². The van der Waals surface area contributed by atoms with Crippen molar-refractivity contribution in [1.29, 1.82) is 0 Å². The van der Waals surface area contributed by atoms with Gasteiger partial charge in [0.15, 0.2) is 5.76 Å². The lowest BCUT2D eigenvalue weighted by Gasteiger charge is -2.34. The van der Waals surface area contributed by atoms with Gasteiger partial charge in [0.25, 0.3) is 0 Å². The summed E-state index contributed by atoms with van der Waals surface area (Å²) in [6.07, 6.45) is 1.50. The molecule has 0 saturated carbocycles. The van der Waals surface area contributed by atoms with E-state index in [-0.39, 0.29) is 12.4 Å². The van der Waals surface area contributed by atoms with Gasteiger partial charge in [-0.25, -0.2) is 5.84 Å². The van der Waals surface area contributed by atoms with Crippen LogP contribution in [0.5, 0.6) is 0 Å². The number of aliphatic hydroxyl groups excluding tert-OH is 1. The number of piperazine rings is 1. The van der Waals surface area contributed by atoms with E-state index in [9.17, 15) is 4.79 Å². The maximum absolute atomic E-state index is 11.5. The number of carbonyl (C=O) groups is 1. The van der Waals surface area contributed by atoms with Gasteiger partial charge in [0.2, 0.25) is 0 Å². The lowest BCUT2D eigenvalue weighted by molar-refractivity contribution is 0.0915. The molecule has 2 rings (SSSR count). The SMILES string of the molecule is NNC(=O)c1occc1CN1CCN(CCO)CC1. The first kappa shape index (κ1) is 14.0. The largest absolute Gasteiger partial charge is 0.459 e. The molecule has 1 aliphatic heterocycles. The Kier molecular flexibility index (Phi) is 4.92. The van der Waals surface area contributed by atoms with Gasteiger partial charge >= 0.3 is 5.91 Å². The van der Waals surface area contributed by atoms with Gasteiger partial charge in [0, 0.05) is 44.8 Å². The maximum Gasteiger partial charge on any atom is 0.301 e. The molecule has 0 spiro atoms. The average molecular weight is 268 g/mol. The number of rotatable bonds is 5. The van der Waals surface area contributed by atoms with E-state index in [1.807, 2.05) is 0 Å². The Balaban J connectivity index is 1.89. The van der Waals surface area contributed by atoms with E-state index in [0.717, 1.165) is 38.3 Å². The topological polar surface area (TPSA) is 95.0 Å². The minimum atomic E-state index is -0.404. The molecule has 0 aromatic carbocycles. The van der Waals surface area contributed by atoms with Crippen LogP contribution in [0.3, 0.4) is 0 Å². The number of β-amino-alcohol motifs (C(OH)–C–C–N with tert-alkyl or cyclic N) is 1. The number of nitrogens with zero attached hydrogens (tertiary/aromatic N) is 2. The second-order valence-corrected chi connectivity index (χ2v) is 4.59. The fourth-order valence-corrected chi connectivity index (χ4v) is 2.28. The van der Waals surface area contributed by atoms with Crippen LogP contribution in [-0.2, 0) is 6.54 Å². The lowest BCUT2D eigenvalue weighted by Crippen LogP contribution is -2.46. The van der Waals surface area contributed by atoms with Crippen molar-refractivity contribution in [3.05, 3.63) is 23.7 Å².